The third-order valence-corrected chi connectivity index (χ3v) is 5.98. The fraction of sp³-hybridized carbons (Fsp3) is 0.192. The Morgan fingerprint density at radius 2 is 1.94 bits per heavy atom. The van der Waals surface area contributed by atoms with E-state index in [2.05, 4.69) is 4.90 Å². The number of ketones is 1. The monoisotopic (exact) mass is 447 g/mol. The van der Waals surface area contributed by atoms with Crippen molar-refractivity contribution in [3.05, 3.63) is 93.2 Å². The first-order valence-corrected chi connectivity index (χ1v) is 10.7. The number of carbonyl (C=O) groups is 1. The lowest BCUT2D eigenvalue weighted by Crippen LogP contribution is -2.31. The van der Waals surface area contributed by atoms with Gasteiger partial charge in [0.25, 0.3) is 0 Å². The molecule has 0 N–H and O–H groups in total. The fourth-order valence-electron chi connectivity index (χ4n) is 4.15. The van der Waals surface area contributed by atoms with Crippen LogP contribution in [0.5, 0.6) is 17.2 Å². The minimum Gasteiger partial charge on any atom is -0.496 e. The van der Waals surface area contributed by atoms with Crippen molar-refractivity contribution in [2.24, 2.45) is 0 Å². The van der Waals surface area contributed by atoms with Crippen molar-refractivity contribution in [2.45, 2.75) is 20.0 Å². The molecule has 0 unspecified atom stereocenters. The normalized spacial score (nSPS) is 16.3. The zero-order valence-electron chi connectivity index (χ0n) is 17.9. The number of allylic oxidation sites excluding steroid dienone is 1. The van der Waals surface area contributed by atoms with Crippen LogP contribution in [-0.4, -0.2) is 24.5 Å². The molecule has 0 aromatic heterocycles. The molecule has 0 amide bonds. The lowest BCUT2D eigenvalue weighted by Gasteiger charge is -2.30. The van der Waals surface area contributed by atoms with E-state index in [4.69, 9.17) is 25.8 Å². The lowest BCUT2D eigenvalue weighted by molar-refractivity contribution is 0.0872. The van der Waals surface area contributed by atoms with Crippen molar-refractivity contribution in [1.29, 1.82) is 0 Å². The van der Waals surface area contributed by atoms with E-state index in [1.165, 1.54) is 0 Å². The van der Waals surface area contributed by atoms with Crippen LogP contribution in [0.4, 0.5) is 0 Å². The molecule has 2 aliphatic rings. The highest BCUT2D eigenvalue weighted by Gasteiger charge is 2.35. The molecular weight excluding hydrogens is 426 g/mol. The summed E-state index contributed by atoms with van der Waals surface area (Å²) < 4.78 is 17.6. The first-order chi connectivity index (χ1) is 15.5. The van der Waals surface area contributed by atoms with Crippen LogP contribution in [0, 0.1) is 6.92 Å². The van der Waals surface area contributed by atoms with Gasteiger partial charge >= 0.3 is 0 Å². The summed E-state index contributed by atoms with van der Waals surface area (Å²) >= 11 is 6.00. The first-order valence-electron chi connectivity index (χ1n) is 10.4. The van der Waals surface area contributed by atoms with Crippen LogP contribution in [0.3, 0.4) is 0 Å². The highest BCUT2D eigenvalue weighted by Crippen LogP contribution is 2.44. The van der Waals surface area contributed by atoms with Crippen LogP contribution < -0.4 is 14.2 Å². The number of fused-ring (bicyclic) bond motifs is 3. The van der Waals surface area contributed by atoms with E-state index in [0.29, 0.717) is 41.9 Å². The molecule has 0 saturated heterocycles. The number of methoxy groups -OCH3 is 1. The predicted octanol–water partition coefficient (Wildman–Crippen LogP) is 5.63. The second-order valence-corrected chi connectivity index (χ2v) is 8.38. The average Bonchev–Trinajstić information content (AvgIpc) is 3.13. The largest absolute Gasteiger partial charge is 0.496 e. The zero-order chi connectivity index (χ0) is 22.2. The Morgan fingerprint density at radius 3 is 2.72 bits per heavy atom. The minimum atomic E-state index is -0.124. The van der Waals surface area contributed by atoms with Gasteiger partial charge in [-0.25, -0.2) is 0 Å². The number of para-hydroxylation sites is 1. The summed E-state index contributed by atoms with van der Waals surface area (Å²) in [6.45, 7) is 3.70. The van der Waals surface area contributed by atoms with E-state index in [9.17, 15) is 4.79 Å². The van der Waals surface area contributed by atoms with Crippen LogP contribution in [0.25, 0.3) is 6.08 Å². The summed E-state index contributed by atoms with van der Waals surface area (Å²) in [5.74, 6) is 2.20. The Labute approximate surface area is 191 Å². The molecule has 6 heteroatoms. The first kappa shape index (κ1) is 20.6. The Bertz CT molecular complexity index is 1230. The summed E-state index contributed by atoms with van der Waals surface area (Å²) in [5.41, 5.74) is 4.26. The number of Topliss-reactive ketones (excluding diaryl/α,β-unsaturated/α-hetero) is 1. The molecule has 0 bridgehead atoms. The summed E-state index contributed by atoms with van der Waals surface area (Å²) in [6, 6.07) is 17.2. The van der Waals surface area contributed by atoms with Crippen LogP contribution in [0.15, 0.2) is 60.4 Å². The van der Waals surface area contributed by atoms with Crippen LogP contribution in [0.2, 0.25) is 5.02 Å². The van der Waals surface area contributed by atoms with E-state index >= 15 is 0 Å². The molecule has 32 heavy (non-hydrogen) atoms. The van der Waals surface area contributed by atoms with E-state index in [1.807, 2.05) is 61.5 Å². The van der Waals surface area contributed by atoms with Crippen molar-refractivity contribution >= 4 is 23.5 Å². The number of hydrogen-bond donors (Lipinski definition) is 0. The maximum absolute atomic E-state index is 13.2. The Kier molecular flexibility index (Phi) is 5.37. The molecule has 0 atom stereocenters. The van der Waals surface area contributed by atoms with Crippen molar-refractivity contribution in [1.82, 2.24) is 4.90 Å². The van der Waals surface area contributed by atoms with Gasteiger partial charge in [0.2, 0.25) is 5.78 Å². The molecule has 3 aromatic carbocycles. The molecule has 162 valence electrons. The van der Waals surface area contributed by atoms with Gasteiger partial charge in [-0.3, -0.25) is 9.69 Å². The molecule has 2 heterocycles. The third-order valence-electron chi connectivity index (χ3n) is 5.73. The molecule has 0 fully saturated rings. The Balaban J connectivity index is 1.47. The predicted molar refractivity (Wildman–Crippen MR) is 123 cm³/mol. The van der Waals surface area contributed by atoms with Gasteiger partial charge in [-0.05, 0) is 48.4 Å². The number of carbonyl (C=O) groups excluding carboxylic acids is 1. The van der Waals surface area contributed by atoms with Crippen LogP contribution in [-0.2, 0) is 13.1 Å². The minimum absolute atomic E-state index is 0.124. The molecule has 0 saturated carbocycles. The number of halogens is 1. The number of ether oxygens (including phenoxy) is 3. The Morgan fingerprint density at radius 1 is 1.16 bits per heavy atom. The maximum Gasteiger partial charge on any atom is 0.232 e. The van der Waals surface area contributed by atoms with Gasteiger partial charge in [0.05, 0.1) is 18.2 Å². The van der Waals surface area contributed by atoms with E-state index in [0.717, 1.165) is 28.0 Å². The Hall–Kier alpha value is -3.28. The maximum atomic E-state index is 13.2. The molecular formula is C26H22ClNO4. The van der Waals surface area contributed by atoms with Crippen molar-refractivity contribution in [2.75, 3.05) is 13.8 Å². The molecule has 0 radical (unpaired) electrons. The second kappa shape index (κ2) is 8.34. The van der Waals surface area contributed by atoms with Crippen LogP contribution in [0.1, 0.15) is 32.6 Å². The summed E-state index contributed by atoms with van der Waals surface area (Å²) in [5, 5.41) is 0.712. The van der Waals surface area contributed by atoms with Gasteiger partial charge in [-0.15, -0.1) is 0 Å². The molecule has 5 nitrogen and oxygen atoms in total. The quantitative estimate of drug-likeness (QED) is 0.485. The van der Waals surface area contributed by atoms with Gasteiger partial charge in [-0.2, -0.15) is 0 Å². The lowest BCUT2D eigenvalue weighted by atomic mass is 9.98. The number of rotatable bonds is 4. The second-order valence-electron chi connectivity index (χ2n) is 7.94. The van der Waals surface area contributed by atoms with Gasteiger partial charge in [0, 0.05) is 23.7 Å². The van der Waals surface area contributed by atoms with Gasteiger partial charge in [0.15, 0.2) is 5.76 Å². The topological polar surface area (TPSA) is 48.0 Å². The number of aryl methyl sites for hydroxylation is 1. The highest BCUT2D eigenvalue weighted by molar-refractivity contribution is 6.30. The summed E-state index contributed by atoms with van der Waals surface area (Å²) in [7, 11) is 1.61. The number of hydrogen-bond acceptors (Lipinski definition) is 5. The van der Waals surface area contributed by atoms with E-state index in [1.54, 1.807) is 13.2 Å². The van der Waals surface area contributed by atoms with E-state index < -0.39 is 0 Å². The third kappa shape index (κ3) is 3.74. The number of nitrogens with zero attached hydrogens (tertiary/aromatic N) is 1. The standard InChI is InChI=1S/C26H22ClNO4/c1-16-11-22-20(14-28(15-31-22)13-17-7-9-19(27)10-8-17)26-24(16)25(29)23(32-26)12-18-5-3-4-6-21(18)30-2/h3-12H,13-15H2,1-2H3/b23-12-. The molecule has 3 aromatic rings. The van der Waals surface area contributed by atoms with E-state index in [-0.39, 0.29) is 11.5 Å². The molecule has 0 aliphatic carbocycles. The van der Waals surface area contributed by atoms with Gasteiger partial charge in [-0.1, -0.05) is 41.9 Å². The summed E-state index contributed by atoms with van der Waals surface area (Å²) in [6.07, 6.45) is 1.74. The van der Waals surface area contributed by atoms with Gasteiger partial charge < -0.3 is 14.2 Å². The average molecular weight is 448 g/mol. The smallest absolute Gasteiger partial charge is 0.232 e. The highest BCUT2D eigenvalue weighted by atomic mass is 35.5. The van der Waals surface area contributed by atoms with Crippen molar-refractivity contribution in [3.63, 3.8) is 0 Å². The zero-order valence-corrected chi connectivity index (χ0v) is 18.6. The fourth-order valence-corrected chi connectivity index (χ4v) is 4.28. The summed E-state index contributed by atoms with van der Waals surface area (Å²) in [4.78, 5) is 15.4. The van der Waals surface area contributed by atoms with Crippen LogP contribution >= 0.6 is 11.6 Å². The molecule has 2 aliphatic heterocycles. The van der Waals surface area contributed by atoms with Crippen molar-refractivity contribution < 1.29 is 19.0 Å². The molecule has 5 rings (SSSR count). The molecule has 0 spiro atoms. The SMILES string of the molecule is COc1ccccc1/C=C1\Oc2c3c(cc(C)c2C1=O)OCN(Cc1ccc(Cl)cc1)C3. The van der Waals surface area contributed by atoms with Gasteiger partial charge in [0.1, 0.15) is 24.0 Å². The number of benzene rings is 3. The van der Waals surface area contributed by atoms with Crippen molar-refractivity contribution in [3.8, 4) is 17.2 Å².